The molecule has 0 amide bonds. The molecule has 0 aromatic heterocycles. The predicted molar refractivity (Wildman–Crippen MR) is 49.1 cm³/mol. The van der Waals surface area contributed by atoms with E-state index in [0.29, 0.717) is 0 Å². The second kappa shape index (κ2) is 5.92. The van der Waals surface area contributed by atoms with Crippen molar-refractivity contribution in [3.63, 3.8) is 0 Å². The summed E-state index contributed by atoms with van der Waals surface area (Å²) in [7, 11) is 4.07. The van der Waals surface area contributed by atoms with Crippen LogP contribution in [-0.4, -0.2) is 38.3 Å². The molecule has 0 unspecified atom stereocenters. The van der Waals surface area contributed by atoms with Crippen LogP contribution in [0.1, 0.15) is 6.92 Å². The Morgan fingerprint density at radius 3 is 2.64 bits per heavy atom. The fourth-order valence-corrected chi connectivity index (χ4v) is 0.563. The smallest absolute Gasteiger partial charge is 0.0269 e. The van der Waals surface area contributed by atoms with Gasteiger partial charge in [-0.25, -0.2) is 0 Å². The molecule has 0 saturated heterocycles. The molecule has 0 aromatic carbocycles. The highest BCUT2D eigenvalue weighted by Crippen LogP contribution is 1.81. The van der Waals surface area contributed by atoms with Crippen molar-refractivity contribution in [1.29, 1.82) is 5.41 Å². The maximum absolute atomic E-state index is 6.88. The predicted octanol–water partition coefficient (Wildman–Crippen LogP) is 0.691. The van der Waals surface area contributed by atoms with Crippen LogP contribution in [-0.2, 0) is 0 Å². The van der Waals surface area contributed by atoms with Crippen LogP contribution in [0, 0.1) is 5.41 Å². The third-order valence-electron chi connectivity index (χ3n) is 1.26. The molecule has 2 N–H and O–H groups in total. The highest BCUT2D eigenvalue weighted by molar-refractivity contribution is 5.74. The topological polar surface area (TPSA) is 39.1 Å². The first-order valence-corrected chi connectivity index (χ1v) is 3.72. The number of allylic oxidation sites excluding steroid dienone is 1. The molecular formula is C8H17N3. The first-order chi connectivity index (χ1) is 5.16. The Bertz CT molecular complexity index is 138. The van der Waals surface area contributed by atoms with E-state index in [1.807, 2.05) is 27.2 Å². The molecule has 0 fully saturated rings. The molecule has 0 radical (unpaired) electrons. The minimum atomic E-state index is 0.929. The molecule has 11 heavy (non-hydrogen) atoms. The summed E-state index contributed by atoms with van der Waals surface area (Å²) in [5.41, 5.74) is 0.948. The van der Waals surface area contributed by atoms with E-state index < -0.39 is 0 Å². The van der Waals surface area contributed by atoms with Gasteiger partial charge in [0.15, 0.2) is 0 Å². The number of nitrogens with one attached hydrogen (secondary N) is 2. The van der Waals surface area contributed by atoms with Crippen LogP contribution < -0.4 is 5.32 Å². The van der Waals surface area contributed by atoms with E-state index in [2.05, 4.69) is 10.2 Å². The average molecular weight is 155 g/mol. The summed E-state index contributed by atoms with van der Waals surface area (Å²) in [6.07, 6.45) is 3.19. The van der Waals surface area contributed by atoms with Crippen molar-refractivity contribution in [2.45, 2.75) is 6.92 Å². The SMILES string of the molecule is C/C(C=N)=C/NCCN(C)C. The van der Waals surface area contributed by atoms with E-state index >= 15 is 0 Å². The zero-order valence-corrected chi connectivity index (χ0v) is 7.52. The largest absolute Gasteiger partial charge is 0.389 e. The molecule has 0 aliphatic rings. The van der Waals surface area contributed by atoms with Crippen molar-refractivity contribution in [2.24, 2.45) is 0 Å². The lowest BCUT2D eigenvalue weighted by molar-refractivity contribution is 0.410. The van der Waals surface area contributed by atoms with Gasteiger partial charge in [-0.05, 0) is 26.6 Å². The Morgan fingerprint density at radius 1 is 1.55 bits per heavy atom. The zero-order valence-electron chi connectivity index (χ0n) is 7.52. The number of likely N-dealkylation sites (N-methyl/N-ethyl adjacent to an activating group) is 1. The van der Waals surface area contributed by atoms with Crippen LogP contribution in [0.5, 0.6) is 0 Å². The van der Waals surface area contributed by atoms with Gasteiger partial charge in [0.2, 0.25) is 0 Å². The highest BCUT2D eigenvalue weighted by Gasteiger charge is 1.86. The average Bonchev–Trinajstić information content (AvgIpc) is 1.97. The van der Waals surface area contributed by atoms with Gasteiger partial charge in [0.1, 0.15) is 0 Å². The Labute approximate surface area is 68.6 Å². The summed E-state index contributed by atoms with van der Waals surface area (Å²) in [5.74, 6) is 0. The summed E-state index contributed by atoms with van der Waals surface area (Å²) in [5, 5.41) is 10.00. The Hall–Kier alpha value is -0.830. The van der Waals surface area contributed by atoms with Crippen LogP contribution in [0.15, 0.2) is 11.8 Å². The second-order valence-corrected chi connectivity index (χ2v) is 2.79. The normalized spacial score (nSPS) is 11.8. The highest BCUT2D eigenvalue weighted by atomic mass is 15.1. The summed E-state index contributed by atoms with van der Waals surface area (Å²) in [6, 6.07) is 0. The molecule has 0 heterocycles. The molecule has 0 saturated carbocycles. The van der Waals surface area contributed by atoms with Gasteiger partial charge in [-0.3, -0.25) is 0 Å². The third-order valence-corrected chi connectivity index (χ3v) is 1.26. The van der Waals surface area contributed by atoms with Crippen LogP contribution in [0.3, 0.4) is 0 Å². The van der Waals surface area contributed by atoms with Crippen LogP contribution in [0.25, 0.3) is 0 Å². The lowest BCUT2D eigenvalue weighted by Gasteiger charge is -2.08. The Kier molecular flexibility index (Phi) is 5.47. The van der Waals surface area contributed by atoms with Gasteiger partial charge in [0, 0.05) is 25.5 Å². The van der Waals surface area contributed by atoms with E-state index in [9.17, 15) is 0 Å². The van der Waals surface area contributed by atoms with Crippen LogP contribution >= 0.6 is 0 Å². The van der Waals surface area contributed by atoms with Crippen molar-refractivity contribution in [2.75, 3.05) is 27.2 Å². The van der Waals surface area contributed by atoms with Gasteiger partial charge in [-0.2, -0.15) is 0 Å². The van der Waals surface area contributed by atoms with E-state index in [4.69, 9.17) is 5.41 Å². The molecule has 0 atom stereocenters. The number of rotatable bonds is 5. The molecule has 0 aliphatic carbocycles. The molecule has 3 nitrogen and oxygen atoms in total. The fraction of sp³-hybridized carbons (Fsp3) is 0.625. The van der Waals surface area contributed by atoms with Crippen molar-refractivity contribution in [3.8, 4) is 0 Å². The second-order valence-electron chi connectivity index (χ2n) is 2.79. The van der Waals surface area contributed by atoms with Crippen molar-refractivity contribution < 1.29 is 0 Å². The minimum Gasteiger partial charge on any atom is -0.389 e. The summed E-state index contributed by atoms with van der Waals surface area (Å²) in [6.45, 7) is 3.84. The third kappa shape index (κ3) is 7.06. The first-order valence-electron chi connectivity index (χ1n) is 3.72. The van der Waals surface area contributed by atoms with Crippen molar-refractivity contribution in [1.82, 2.24) is 10.2 Å². The van der Waals surface area contributed by atoms with Gasteiger partial charge in [0.25, 0.3) is 0 Å². The summed E-state index contributed by atoms with van der Waals surface area (Å²) < 4.78 is 0. The Morgan fingerprint density at radius 2 is 2.18 bits per heavy atom. The molecule has 0 spiro atoms. The lowest BCUT2D eigenvalue weighted by Crippen LogP contribution is -2.23. The summed E-state index contributed by atoms with van der Waals surface area (Å²) in [4.78, 5) is 2.11. The van der Waals surface area contributed by atoms with E-state index in [1.54, 1.807) is 0 Å². The molecule has 64 valence electrons. The molecular weight excluding hydrogens is 138 g/mol. The number of nitrogens with zero attached hydrogens (tertiary/aromatic N) is 1. The van der Waals surface area contributed by atoms with E-state index in [-0.39, 0.29) is 0 Å². The minimum absolute atomic E-state index is 0.929. The van der Waals surface area contributed by atoms with E-state index in [1.165, 1.54) is 6.21 Å². The maximum Gasteiger partial charge on any atom is 0.0269 e. The fourth-order valence-electron chi connectivity index (χ4n) is 0.563. The summed E-state index contributed by atoms with van der Waals surface area (Å²) >= 11 is 0. The molecule has 0 aliphatic heterocycles. The molecule has 0 rings (SSSR count). The molecule has 0 bridgehead atoms. The maximum atomic E-state index is 6.88. The zero-order chi connectivity index (χ0) is 8.69. The van der Waals surface area contributed by atoms with Gasteiger partial charge in [-0.1, -0.05) is 0 Å². The monoisotopic (exact) mass is 155 g/mol. The lowest BCUT2D eigenvalue weighted by atomic mass is 10.4. The van der Waals surface area contributed by atoms with Crippen LogP contribution in [0.4, 0.5) is 0 Å². The van der Waals surface area contributed by atoms with Gasteiger partial charge in [-0.15, -0.1) is 0 Å². The van der Waals surface area contributed by atoms with Crippen LogP contribution in [0.2, 0.25) is 0 Å². The van der Waals surface area contributed by atoms with E-state index in [0.717, 1.165) is 18.7 Å². The van der Waals surface area contributed by atoms with Gasteiger partial charge in [0.05, 0.1) is 0 Å². The Balaban J connectivity index is 3.33. The van der Waals surface area contributed by atoms with Gasteiger partial charge < -0.3 is 15.6 Å². The standard InChI is InChI=1S/C8H17N3/c1-8(6-9)7-10-4-5-11(2)3/h6-7,9-10H,4-5H2,1-3H3/b8-7-,9-6?. The number of hydrogen-bond donors (Lipinski definition) is 2. The number of hydrogen-bond acceptors (Lipinski definition) is 3. The molecule has 3 heteroatoms. The van der Waals surface area contributed by atoms with Crippen molar-refractivity contribution >= 4 is 6.21 Å². The first kappa shape index (κ1) is 10.2. The quantitative estimate of drug-likeness (QED) is 0.453. The van der Waals surface area contributed by atoms with Crippen molar-refractivity contribution in [3.05, 3.63) is 11.8 Å². The van der Waals surface area contributed by atoms with Gasteiger partial charge >= 0.3 is 0 Å². The molecule has 0 aromatic rings.